The van der Waals surface area contributed by atoms with E-state index < -0.39 is 0 Å². The molecule has 1 spiro atoms. The van der Waals surface area contributed by atoms with Crippen LogP contribution in [-0.4, -0.2) is 54.3 Å². The Labute approximate surface area is 118 Å². The molecule has 108 valence electrons. The first-order chi connectivity index (χ1) is 9.62. The molecular formula is C15H20N2O3. The molecule has 20 heavy (non-hydrogen) atoms. The van der Waals surface area contributed by atoms with Crippen LogP contribution < -0.4 is 0 Å². The molecule has 0 N–H and O–H groups in total. The standard InChI is InChI=1S/C15H20N2O3/c1-11-5-12(8-16-7-11)14(18)17-9-15(10-17)6-13(19-2)3-4-20-15/h5,7-8,13H,3-4,6,9-10H2,1-2H3/t13-/m0/s1. The fourth-order valence-corrected chi connectivity index (χ4v) is 3.05. The summed E-state index contributed by atoms with van der Waals surface area (Å²) in [6.45, 7) is 3.96. The summed E-state index contributed by atoms with van der Waals surface area (Å²) in [6.07, 6.45) is 5.44. The Morgan fingerprint density at radius 3 is 3.00 bits per heavy atom. The number of aryl methyl sites for hydroxylation is 1. The van der Waals surface area contributed by atoms with Gasteiger partial charge in [0.1, 0.15) is 5.60 Å². The van der Waals surface area contributed by atoms with Crippen LogP contribution in [0.3, 0.4) is 0 Å². The lowest BCUT2D eigenvalue weighted by molar-refractivity contribution is -0.181. The average molecular weight is 276 g/mol. The highest BCUT2D eigenvalue weighted by molar-refractivity contribution is 5.94. The summed E-state index contributed by atoms with van der Waals surface area (Å²) in [6, 6.07) is 1.88. The molecule has 2 saturated heterocycles. The van der Waals surface area contributed by atoms with Crippen molar-refractivity contribution in [3.8, 4) is 0 Å². The molecule has 1 aromatic rings. The van der Waals surface area contributed by atoms with Gasteiger partial charge in [-0.1, -0.05) is 0 Å². The smallest absolute Gasteiger partial charge is 0.255 e. The van der Waals surface area contributed by atoms with Gasteiger partial charge in [-0.2, -0.15) is 0 Å². The third kappa shape index (κ3) is 2.43. The van der Waals surface area contributed by atoms with Crippen LogP contribution in [0.1, 0.15) is 28.8 Å². The van der Waals surface area contributed by atoms with Crippen molar-refractivity contribution in [2.24, 2.45) is 0 Å². The van der Waals surface area contributed by atoms with Crippen molar-refractivity contribution < 1.29 is 14.3 Å². The minimum Gasteiger partial charge on any atom is -0.381 e. The predicted molar refractivity (Wildman–Crippen MR) is 73.6 cm³/mol. The van der Waals surface area contributed by atoms with Gasteiger partial charge < -0.3 is 14.4 Å². The zero-order valence-corrected chi connectivity index (χ0v) is 12.0. The van der Waals surface area contributed by atoms with Crippen LogP contribution in [0.4, 0.5) is 0 Å². The third-order valence-corrected chi connectivity index (χ3v) is 4.15. The van der Waals surface area contributed by atoms with Gasteiger partial charge in [-0.25, -0.2) is 0 Å². The van der Waals surface area contributed by atoms with E-state index in [9.17, 15) is 4.79 Å². The fraction of sp³-hybridized carbons (Fsp3) is 0.600. The quantitative estimate of drug-likeness (QED) is 0.819. The molecule has 0 saturated carbocycles. The van der Waals surface area contributed by atoms with Crippen molar-refractivity contribution in [1.82, 2.24) is 9.88 Å². The van der Waals surface area contributed by atoms with Crippen LogP contribution in [0.15, 0.2) is 18.5 Å². The summed E-state index contributed by atoms with van der Waals surface area (Å²) in [7, 11) is 1.74. The molecule has 5 nitrogen and oxygen atoms in total. The van der Waals surface area contributed by atoms with E-state index >= 15 is 0 Å². The third-order valence-electron chi connectivity index (χ3n) is 4.15. The summed E-state index contributed by atoms with van der Waals surface area (Å²) < 4.78 is 11.3. The number of carbonyl (C=O) groups is 1. The maximum absolute atomic E-state index is 12.4. The first-order valence-corrected chi connectivity index (χ1v) is 7.00. The maximum Gasteiger partial charge on any atom is 0.255 e. The van der Waals surface area contributed by atoms with E-state index in [1.807, 2.05) is 17.9 Å². The van der Waals surface area contributed by atoms with Crippen LogP contribution >= 0.6 is 0 Å². The van der Waals surface area contributed by atoms with Gasteiger partial charge in [0.25, 0.3) is 5.91 Å². The first kappa shape index (κ1) is 13.5. The Hall–Kier alpha value is -1.46. The normalized spacial score (nSPS) is 24.5. The Kier molecular flexibility index (Phi) is 3.48. The minimum absolute atomic E-state index is 0.0370. The monoisotopic (exact) mass is 276 g/mol. The number of nitrogens with zero attached hydrogens (tertiary/aromatic N) is 2. The highest BCUT2D eigenvalue weighted by atomic mass is 16.5. The maximum atomic E-state index is 12.4. The summed E-state index contributed by atoms with van der Waals surface area (Å²) in [4.78, 5) is 18.3. The second kappa shape index (κ2) is 5.14. The molecule has 0 aliphatic carbocycles. The number of rotatable bonds is 2. The molecule has 0 radical (unpaired) electrons. The Bertz CT molecular complexity index is 512. The number of hydrogen-bond donors (Lipinski definition) is 0. The SMILES string of the molecule is CO[C@H]1CCOC2(C1)CN(C(=O)c1cncc(C)c1)C2. The van der Waals surface area contributed by atoms with Gasteiger partial charge in [0, 0.05) is 32.5 Å². The van der Waals surface area contributed by atoms with Crippen LogP contribution in [-0.2, 0) is 9.47 Å². The Morgan fingerprint density at radius 1 is 1.50 bits per heavy atom. The van der Waals surface area contributed by atoms with Gasteiger partial charge in [-0.05, 0) is 25.0 Å². The first-order valence-electron chi connectivity index (χ1n) is 7.00. The Balaban J connectivity index is 1.64. The number of likely N-dealkylation sites (tertiary alicyclic amines) is 1. The lowest BCUT2D eigenvalue weighted by Crippen LogP contribution is -2.67. The van der Waals surface area contributed by atoms with Crippen LogP contribution in [0.25, 0.3) is 0 Å². The molecule has 1 atom stereocenters. The van der Waals surface area contributed by atoms with E-state index in [0.717, 1.165) is 18.4 Å². The molecule has 2 fully saturated rings. The molecule has 3 rings (SSSR count). The average Bonchev–Trinajstić information content (AvgIpc) is 2.44. The number of amides is 1. The highest BCUT2D eigenvalue weighted by Crippen LogP contribution is 2.35. The molecule has 3 heterocycles. The summed E-state index contributed by atoms with van der Waals surface area (Å²) >= 11 is 0. The van der Waals surface area contributed by atoms with Crippen molar-refractivity contribution in [2.45, 2.75) is 31.5 Å². The van der Waals surface area contributed by atoms with Gasteiger partial charge >= 0.3 is 0 Å². The molecule has 5 heteroatoms. The fourth-order valence-electron chi connectivity index (χ4n) is 3.05. The molecular weight excluding hydrogens is 256 g/mol. The van der Waals surface area contributed by atoms with E-state index in [4.69, 9.17) is 9.47 Å². The second-order valence-electron chi connectivity index (χ2n) is 5.79. The van der Waals surface area contributed by atoms with E-state index in [0.29, 0.717) is 25.3 Å². The second-order valence-corrected chi connectivity index (χ2v) is 5.79. The van der Waals surface area contributed by atoms with Crippen LogP contribution in [0.2, 0.25) is 0 Å². The molecule has 0 unspecified atom stereocenters. The van der Waals surface area contributed by atoms with Crippen LogP contribution in [0.5, 0.6) is 0 Å². The number of aromatic nitrogens is 1. The number of hydrogen-bond acceptors (Lipinski definition) is 4. The van der Waals surface area contributed by atoms with Crippen molar-refractivity contribution in [1.29, 1.82) is 0 Å². The molecule has 1 aromatic heterocycles. The van der Waals surface area contributed by atoms with Crippen molar-refractivity contribution >= 4 is 5.91 Å². The highest BCUT2D eigenvalue weighted by Gasteiger charge is 2.49. The number of carbonyl (C=O) groups excluding carboxylic acids is 1. The largest absolute Gasteiger partial charge is 0.381 e. The van der Waals surface area contributed by atoms with Crippen LogP contribution in [0, 0.1) is 6.92 Å². The van der Waals surface area contributed by atoms with Gasteiger partial charge in [0.05, 0.1) is 24.8 Å². The zero-order valence-electron chi connectivity index (χ0n) is 12.0. The van der Waals surface area contributed by atoms with Crippen molar-refractivity contribution in [3.05, 3.63) is 29.6 Å². The summed E-state index contributed by atoms with van der Waals surface area (Å²) in [5.41, 5.74) is 1.46. The number of ether oxygens (including phenoxy) is 2. The molecule has 1 amide bonds. The van der Waals surface area contributed by atoms with Crippen molar-refractivity contribution in [2.75, 3.05) is 26.8 Å². The molecule has 2 aliphatic rings. The van der Waals surface area contributed by atoms with Gasteiger partial charge in [-0.15, -0.1) is 0 Å². The topological polar surface area (TPSA) is 51.7 Å². The lowest BCUT2D eigenvalue weighted by Gasteiger charge is -2.52. The Morgan fingerprint density at radius 2 is 2.30 bits per heavy atom. The number of pyridine rings is 1. The van der Waals surface area contributed by atoms with E-state index in [1.54, 1.807) is 19.5 Å². The van der Waals surface area contributed by atoms with Crippen molar-refractivity contribution in [3.63, 3.8) is 0 Å². The minimum atomic E-state index is -0.189. The van der Waals surface area contributed by atoms with E-state index in [1.165, 1.54) is 0 Å². The number of methoxy groups -OCH3 is 1. The summed E-state index contributed by atoms with van der Waals surface area (Å²) in [5.74, 6) is 0.0370. The van der Waals surface area contributed by atoms with Gasteiger partial charge in [-0.3, -0.25) is 9.78 Å². The molecule has 0 aromatic carbocycles. The zero-order chi connectivity index (χ0) is 14.2. The molecule has 0 bridgehead atoms. The van der Waals surface area contributed by atoms with Gasteiger partial charge in [0.2, 0.25) is 0 Å². The predicted octanol–water partition coefficient (Wildman–Crippen LogP) is 1.41. The van der Waals surface area contributed by atoms with Gasteiger partial charge in [0.15, 0.2) is 0 Å². The molecule has 2 aliphatic heterocycles. The van der Waals surface area contributed by atoms with E-state index in [2.05, 4.69) is 4.98 Å². The summed E-state index contributed by atoms with van der Waals surface area (Å²) in [5, 5.41) is 0. The lowest BCUT2D eigenvalue weighted by atomic mass is 9.84. The van der Waals surface area contributed by atoms with E-state index in [-0.39, 0.29) is 17.6 Å².